The third kappa shape index (κ3) is 3.66. The van der Waals surface area contributed by atoms with Crippen LogP contribution in [0.15, 0.2) is 72.3 Å². The zero-order valence-corrected chi connectivity index (χ0v) is 17.4. The Bertz CT molecular complexity index is 1180. The van der Waals surface area contributed by atoms with E-state index < -0.39 is 17.7 Å². The van der Waals surface area contributed by atoms with Crippen LogP contribution < -0.4 is 4.74 Å². The number of fused-ring (bicyclic) bond motifs is 1. The van der Waals surface area contributed by atoms with Gasteiger partial charge >= 0.3 is 0 Å². The molecule has 0 radical (unpaired) electrons. The Morgan fingerprint density at radius 2 is 1.68 bits per heavy atom. The van der Waals surface area contributed by atoms with Gasteiger partial charge in [-0.1, -0.05) is 54.6 Å². The van der Waals surface area contributed by atoms with Gasteiger partial charge in [0, 0.05) is 24.8 Å². The Morgan fingerprint density at radius 3 is 2.42 bits per heavy atom. The van der Waals surface area contributed by atoms with Crippen molar-refractivity contribution in [1.29, 1.82) is 0 Å². The molecule has 1 amide bonds. The minimum atomic E-state index is -0.780. The lowest BCUT2D eigenvalue weighted by Gasteiger charge is -2.26. The van der Waals surface area contributed by atoms with Crippen molar-refractivity contribution >= 4 is 28.2 Å². The fourth-order valence-corrected chi connectivity index (χ4v) is 4.01. The molecular weight excluding hydrogens is 394 g/mol. The molecule has 31 heavy (non-hydrogen) atoms. The average molecular weight is 417 g/mol. The average Bonchev–Trinajstić information content (AvgIpc) is 3.06. The number of hydrogen-bond donors (Lipinski definition) is 1. The molecule has 158 valence electrons. The molecular formula is C25H23NO5. The van der Waals surface area contributed by atoms with Gasteiger partial charge in [-0.2, -0.15) is 0 Å². The van der Waals surface area contributed by atoms with Crippen LogP contribution in [0.3, 0.4) is 0 Å². The van der Waals surface area contributed by atoms with Crippen LogP contribution in [0.2, 0.25) is 0 Å². The van der Waals surface area contributed by atoms with Crippen LogP contribution in [0.5, 0.6) is 5.75 Å². The van der Waals surface area contributed by atoms with Crippen molar-refractivity contribution in [2.75, 3.05) is 27.4 Å². The molecule has 0 saturated carbocycles. The van der Waals surface area contributed by atoms with Gasteiger partial charge in [0.15, 0.2) is 0 Å². The molecule has 4 rings (SSSR count). The number of para-hydroxylation sites is 1. The van der Waals surface area contributed by atoms with Gasteiger partial charge in [0.1, 0.15) is 11.5 Å². The van der Waals surface area contributed by atoms with Gasteiger partial charge in [0.25, 0.3) is 11.7 Å². The van der Waals surface area contributed by atoms with E-state index in [9.17, 15) is 14.7 Å². The summed E-state index contributed by atoms with van der Waals surface area (Å²) in [5.74, 6) is -1.07. The largest absolute Gasteiger partial charge is 0.507 e. The first kappa shape index (κ1) is 20.6. The maximum Gasteiger partial charge on any atom is 0.295 e. The minimum Gasteiger partial charge on any atom is -0.507 e. The summed E-state index contributed by atoms with van der Waals surface area (Å²) in [4.78, 5) is 27.4. The fraction of sp³-hybridized carbons (Fsp3) is 0.200. The molecule has 1 fully saturated rings. The molecule has 0 spiro atoms. The maximum absolute atomic E-state index is 13.0. The third-order valence-corrected chi connectivity index (χ3v) is 5.53. The number of ketones is 1. The molecule has 1 unspecified atom stereocenters. The first-order chi connectivity index (χ1) is 15.1. The van der Waals surface area contributed by atoms with Crippen molar-refractivity contribution in [1.82, 2.24) is 4.90 Å². The number of methoxy groups -OCH3 is 2. The van der Waals surface area contributed by atoms with Crippen LogP contribution >= 0.6 is 0 Å². The van der Waals surface area contributed by atoms with Crippen molar-refractivity contribution < 1.29 is 24.2 Å². The quantitative estimate of drug-likeness (QED) is 0.374. The third-order valence-electron chi connectivity index (χ3n) is 5.53. The van der Waals surface area contributed by atoms with Gasteiger partial charge in [-0.25, -0.2) is 0 Å². The standard InChI is InChI=1S/C25H23NO5/c1-30-14-13-26-22(19-9-5-6-10-20(19)31-2)21(24(28)25(26)29)23(27)18-12-11-16-7-3-4-8-17(16)15-18/h3-12,15,22,27H,13-14H2,1-2H3/b23-21+. The lowest BCUT2D eigenvalue weighted by atomic mass is 9.94. The number of carbonyl (C=O) groups is 2. The lowest BCUT2D eigenvalue weighted by molar-refractivity contribution is -0.140. The van der Waals surface area contributed by atoms with E-state index >= 15 is 0 Å². The summed E-state index contributed by atoms with van der Waals surface area (Å²) >= 11 is 0. The number of amides is 1. The van der Waals surface area contributed by atoms with E-state index in [1.807, 2.05) is 48.5 Å². The normalized spacial score (nSPS) is 18.0. The summed E-state index contributed by atoms with van der Waals surface area (Å²) in [7, 11) is 3.06. The molecule has 3 aromatic carbocycles. The fourth-order valence-electron chi connectivity index (χ4n) is 4.01. The smallest absolute Gasteiger partial charge is 0.295 e. The molecule has 1 aliphatic rings. The summed E-state index contributed by atoms with van der Waals surface area (Å²) in [6.07, 6.45) is 0. The molecule has 6 heteroatoms. The van der Waals surface area contributed by atoms with E-state index in [4.69, 9.17) is 9.47 Å². The zero-order chi connectivity index (χ0) is 22.0. The monoisotopic (exact) mass is 417 g/mol. The maximum atomic E-state index is 13.0. The summed E-state index contributed by atoms with van der Waals surface area (Å²) in [5, 5.41) is 13.2. The summed E-state index contributed by atoms with van der Waals surface area (Å²) in [5.41, 5.74) is 1.15. The van der Waals surface area contributed by atoms with Crippen molar-refractivity contribution in [2.45, 2.75) is 6.04 Å². The van der Waals surface area contributed by atoms with Gasteiger partial charge in [-0.15, -0.1) is 0 Å². The molecule has 1 N–H and O–H groups in total. The number of nitrogens with zero attached hydrogens (tertiary/aromatic N) is 1. The summed E-state index contributed by atoms with van der Waals surface area (Å²) in [6.45, 7) is 0.465. The Balaban J connectivity index is 1.91. The lowest BCUT2D eigenvalue weighted by Crippen LogP contribution is -2.32. The van der Waals surface area contributed by atoms with E-state index in [1.165, 1.54) is 19.1 Å². The van der Waals surface area contributed by atoms with E-state index in [-0.39, 0.29) is 24.5 Å². The van der Waals surface area contributed by atoms with Crippen LogP contribution in [0.4, 0.5) is 0 Å². The van der Waals surface area contributed by atoms with Gasteiger partial charge in [0.05, 0.1) is 25.3 Å². The van der Waals surface area contributed by atoms with Crippen LogP contribution in [0.1, 0.15) is 17.2 Å². The van der Waals surface area contributed by atoms with Gasteiger partial charge < -0.3 is 19.5 Å². The van der Waals surface area contributed by atoms with Crippen LogP contribution in [-0.2, 0) is 14.3 Å². The van der Waals surface area contributed by atoms with Gasteiger partial charge in [-0.05, 0) is 22.9 Å². The van der Waals surface area contributed by atoms with Crippen molar-refractivity contribution in [3.8, 4) is 5.75 Å². The highest BCUT2D eigenvalue weighted by molar-refractivity contribution is 6.46. The molecule has 6 nitrogen and oxygen atoms in total. The second-order valence-electron chi connectivity index (χ2n) is 7.29. The van der Waals surface area contributed by atoms with Crippen molar-refractivity contribution in [3.05, 3.63) is 83.4 Å². The Kier molecular flexibility index (Phi) is 5.73. The number of rotatable bonds is 6. The predicted molar refractivity (Wildman–Crippen MR) is 118 cm³/mol. The van der Waals surface area contributed by atoms with Crippen LogP contribution in [0.25, 0.3) is 16.5 Å². The first-order valence-electron chi connectivity index (χ1n) is 9.96. The number of Topliss-reactive ketones (excluding diaryl/α,β-unsaturated/α-hetero) is 1. The van der Waals surface area contributed by atoms with Crippen molar-refractivity contribution in [3.63, 3.8) is 0 Å². The zero-order valence-electron chi connectivity index (χ0n) is 17.4. The molecule has 0 bridgehead atoms. The SMILES string of the molecule is COCCN1C(=O)C(=O)/C(=C(/O)c2ccc3ccccc3c2)C1c1ccccc1OC. The van der Waals surface area contributed by atoms with E-state index in [2.05, 4.69) is 0 Å². The number of aliphatic hydroxyl groups is 1. The number of ether oxygens (including phenoxy) is 2. The predicted octanol–water partition coefficient (Wildman–Crippen LogP) is 3.92. The second-order valence-corrected chi connectivity index (χ2v) is 7.29. The molecule has 1 saturated heterocycles. The number of likely N-dealkylation sites (tertiary alicyclic amines) is 1. The number of benzene rings is 3. The van der Waals surface area contributed by atoms with E-state index in [0.717, 1.165) is 10.8 Å². The Morgan fingerprint density at radius 1 is 0.968 bits per heavy atom. The molecule has 0 aromatic heterocycles. The summed E-state index contributed by atoms with van der Waals surface area (Å²) < 4.78 is 10.6. The molecule has 0 aliphatic carbocycles. The minimum absolute atomic E-state index is 0.0425. The summed E-state index contributed by atoms with van der Waals surface area (Å²) in [6, 6.07) is 19.6. The second kappa shape index (κ2) is 8.62. The number of carbonyl (C=O) groups excluding carboxylic acids is 2. The Labute approximate surface area is 180 Å². The molecule has 1 aliphatic heterocycles. The topological polar surface area (TPSA) is 76.1 Å². The highest BCUT2D eigenvalue weighted by Crippen LogP contribution is 2.42. The van der Waals surface area contributed by atoms with Crippen LogP contribution in [-0.4, -0.2) is 49.1 Å². The number of hydrogen-bond acceptors (Lipinski definition) is 5. The Hall–Kier alpha value is -3.64. The molecule has 3 aromatic rings. The van der Waals surface area contributed by atoms with Gasteiger partial charge in [-0.3, -0.25) is 9.59 Å². The van der Waals surface area contributed by atoms with E-state index in [1.54, 1.807) is 18.2 Å². The van der Waals surface area contributed by atoms with Crippen LogP contribution in [0, 0.1) is 0 Å². The van der Waals surface area contributed by atoms with Gasteiger partial charge in [0.2, 0.25) is 0 Å². The molecule has 1 heterocycles. The highest BCUT2D eigenvalue weighted by atomic mass is 16.5. The molecule has 1 atom stereocenters. The highest BCUT2D eigenvalue weighted by Gasteiger charge is 2.46. The first-order valence-corrected chi connectivity index (χ1v) is 9.96. The van der Waals surface area contributed by atoms with E-state index in [0.29, 0.717) is 16.9 Å². The van der Waals surface area contributed by atoms with Crippen molar-refractivity contribution in [2.24, 2.45) is 0 Å². The number of aliphatic hydroxyl groups excluding tert-OH is 1.